The Bertz CT molecular complexity index is 3910. The number of terminal acetylenes is 1. The van der Waals surface area contributed by atoms with Gasteiger partial charge in [-0.1, -0.05) is 255 Å². The molecule has 0 aliphatic rings. The third-order valence-electron chi connectivity index (χ3n) is 13.9. The Morgan fingerprint density at radius 3 is 1.04 bits per heavy atom. The molecule has 0 amide bonds. The Balaban J connectivity index is 1.07. The van der Waals surface area contributed by atoms with Crippen LogP contribution >= 0.6 is 0 Å². The van der Waals surface area contributed by atoms with Crippen molar-refractivity contribution in [1.29, 1.82) is 0 Å². The zero-order chi connectivity index (χ0) is 52.2. The van der Waals surface area contributed by atoms with Crippen LogP contribution in [-0.4, -0.2) is 0 Å². The molecule has 11 rings (SSSR count). The lowest BCUT2D eigenvalue weighted by atomic mass is 9.79. The second kappa shape index (κ2) is 23.3. The molecule has 0 atom stereocenters. The van der Waals surface area contributed by atoms with Crippen LogP contribution in [-0.2, 0) is 0 Å². The molecule has 2 heteroatoms. The van der Waals surface area contributed by atoms with Gasteiger partial charge in [0.25, 0.3) is 0 Å². The van der Waals surface area contributed by atoms with Crippen LogP contribution < -0.4 is 9.80 Å². The van der Waals surface area contributed by atoms with E-state index in [1.54, 1.807) is 0 Å². The number of fused-ring (bicyclic) bond motifs is 1. The summed E-state index contributed by atoms with van der Waals surface area (Å²) in [5, 5.41) is 2.37. The van der Waals surface area contributed by atoms with E-state index in [1.807, 2.05) is 37.3 Å². The maximum Gasteiger partial charge on any atom is 0.0966 e. The Morgan fingerprint density at radius 2 is 0.636 bits per heavy atom. The smallest absolute Gasteiger partial charge is 0.0966 e. The molecule has 0 saturated carbocycles. The van der Waals surface area contributed by atoms with Crippen molar-refractivity contribution in [3.63, 3.8) is 0 Å². The second-order valence-electron chi connectivity index (χ2n) is 18.8. The standard InChI is InChI=1S/C75H56N2/c1-3-5-31-64(4-2)76(66-48-40-58(41-49-66)38-36-56-23-11-6-12-24-56)68-52-44-62(45-53-68)74-72(60-27-15-8-16-28-60)70-34-21-22-35-71(70)73(61-29-17-9-18-30-61)75(74)63-46-54-69(55-47-63)77(65-32-19-10-20-33-65)67-50-42-59(43-51-67)39-37-57-25-13-7-14-26-57/h2-3,5-55H,1H3/b5-3-,38-36+,39-37+,64-31+. The average molecular weight is 985 g/mol. The fourth-order valence-corrected chi connectivity index (χ4v) is 10.2. The summed E-state index contributed by atoms with van der Waals surface area (Å²) in [6, 6.07) is 97.4. The third-order valence-corrected chi connectivity index (χ3v) is 13.9. The van der Waals surface area contributed by atoms with E-state index in [2.05, 4.69) is 301 Å². The number of hydrogen-bond donors (Lipinski definition) is 0. The molecule has 0 fully saturated rings. The van der Waals surface area contributed by atoms with Crippen LogP contribution in [0.4, 0.5) is 28.4 Å². The molecule has 0 aliphatic carbocycles. The Hall–Kier alpha value is -10.2. The van der Waals surface area contributed by atoms with Crippen molar-refractivity contribution in [1.82, 2.24) is 0 Å². The first-order valence-corrected chi connectivity index (χ1v) is 26.2. The molecule has 0 bridgehead atoms. The lowest BCUT2D eigenvalue weighted by Crippen LogP contribution is -2.15. The molecule has 0 saturated heterocycles. The van der Waals surface area contributed by atoms with Gasteiger partial charge in [0.15, 0.2) is 0 Å². The van der Waals surface area contributed by atoms with E-state index < -0.39 is 0 Å². The predicted octanol–water partition coefficient (Wildman–Crippen LogP) is 20.5. The molecule has 0 heterocycles. The van der Waals surface area contributed by atoms with Crippen LogP contribution in [0, 0.1) is 12.3 Å². The number of nitrogens with zero attached hydrogens (tertiary/aromatic N) is 2. The van der Waals surface area contributed by atoms with E-state index in [4.69, 9.17) is 6.42 Å². The van der Waals surface area contributed by atoms with Crippen LogP contribution in [0.15, 0.2) is 297 Å². The molecule has 0 spiro atoms. The molecule has 0 unspecified atom stereocenters. The zero-order valence-electron chi connectivity index (χ0n) is 43.0. The van der Waals surface area contributed by atoms with Crippen molar-refractivity contribution in [3.8, 4) is 56.9 Å². The van der Waals surface area contributed by atoms with Crippen molar-refractivity contribution in [3.05, 3.63) is 319 Å². The lowest BCUT2D eigenvalue weighted by Gasteiger charge is -2.27. The normalized spacial score (nSPS) is 11.6. The average Bonchev–Trinajstić information content (AvgIpc) is 3.58. The van der Waals surface area contributed by atoms with Gasteiger partial charge in [-0.25, -0.2) is 0 Å². The highest BCUT2D eigenvalue weighted by molar-refractivity contribution is 6.18. The second-order valence-corrected chi connectivity index (χ2v) is 18.8. The number of para-hydroxylation sites is 1. The van der Waals surface area contributed by atoms with Crippen molar-refractivity contribution >= 4 is 63.5 Å². The minimum Gasteiger partial charge on any atom is -0.311 e. The van der Waals surface area contributed by atoms with Crippen LogP contribution in [0.1, 0.15) is 29.2 Å². The topological polar surface area (TPSA) is 6.48 Å². The monoisotopic (exact) mass is 984 g/mol. The van der Waals surface area contributed by atoms with E-state index in [0.29, 0.717) is 0 Å². The van der Waals surface area contributed by atoms with Gasteiger partial charge in [-0.05, 0) is 151 Å². The van der Waals surface area contributed by atoms with Gasteiger partial charge in [0.2, 0.25) is 0 Å². The molecule has 0 N–H and O–H groups in total. The summed E-state index contributed by atoms with van der Waals surface area (Å²) in [6.07, 6.45) is 21.0. The predicted molar refractivity (Wildman–Crippen MR) is 331 cm³/mol. The van der Waals surface area contributed by atoms with Gasteiger partial charge < -0.3 is 9.80 Å². The van der Waals surface area contributed by atoms with Crippen LogP contribution in [0.3, 0.4) is 0 Å². The van der Waals surface area contributed by atoms with Crippen LogP contribution in [0.2, 0.25) is 0 Å². The molecular weight excluding hydrogens is 929 g/mol. The third kappa shape index (κ3) is 10.9. The van der Waals surface area contributed by atoms with Crippen molar-refractivity contribution < 1.29 is 0 Å². The summed E-state index contributed by atoms with van der Waals surface area (Å²) < 4.78 is 0. The summed E-state index contributed by atoms with van der Waals surface area (Å²) in [6.45, 7) is 2.00. The fourth-order valence-electron chi connectivity index (χ4n) is 10.2. The van der Waals surface area contributed by atoms with Gasteiger partial charge in [0.05, 0.1) is 5.70 Å². The van der Waals surface area contributed by atoms with Gasteiger partial charge in [0, 0.05) is 28.4 Å². The Kier molecular flexibility index (Phi) is 14.9. The quantitative estimate of drug-likeness (QED) is 0.0574. The summed E-state index contributed by atoms with van der Waals surface area (Å²) in [4.78, 5) is 4.49. The van der Waals surface area contributed by atoms with Gasteiger partial charge in [-0.15, -0.1) is 6.42 Å². The molecule has 0 radical (unpaired) electrons. The molecule has 11 aromatic rings. The molecule has 0 aromatic heterocycles. The molecule has 2 nitrogen and oxygen atoms in total. The number of hydrogen-bond acceptors (Lipinski definition) is 2. The zero-order valence-corrected chi connectivity index (χ0v) is 43.0. The van der Waals surface area contributed by atoms with Gasteiger partial charge in [-0.3, -0.25) is 0 Å². The highest BCUT2D eigenvalue weighted by Crippen LogP contribution is 2.51. The summed E-state index contributed by atoms with van der Waals surface area (Å²) in [5.74, 6) is 3.01. The van der Waals surface area contributed by atoms with E-state index >= 15 is 0 Å². The Morgan fingerprint density at radius 1 is 0.325 bits per heavy atom. The van der Waals surface area contributed by atoms with Crippen LogP contribution in [0.25, 0.3) is 79.6 Å². The van der Waals surface area contributed by atoms with Gasteiger partial charge in [0.1, 0.15) is 0 Å². The summed E-state index contributed by atoms with van der Waals surface area (Å²) >= 11 is 0. The van der Waals surface area contributed by atoms with Crippen LogP contribution in [0.5, 0.6) is 0 Å². The number of benzene rings is 11. The molecule has 366 valence electrons. The molecular formula is C75H56N2. The van der Waals surface area contributed by atoms with E-state index in [0.717, 1.165) is 84.2 Å². The minimum absolute atomic E-state index is 0.728. The maximum absolute atomic E-state index is 6.37. The minimum atomic E-state index is 0.728. The molecule has 77 heavy (non-hydrogen) atoms. The summed E-state index contributed by atoms with van der Waals surface area (Å²) in [5.41, 5.74) is 19.5. The first-order chi connectivity index (χ1) is 38.1. The number of rotatable bonds is 15. The van der Waals surface area contributed by atoms with Crippen molar-refractivity contribution in [2.45, 2.75) is 6.92 Å². The van der Waals surface area contributed by atoms with E-state index in [9.17, 15) is 0 Å². The molecule has 11 aromatic carbocycles. The first kappa shape index (κ1) is 49.0. The van der Waals surface area contributed by atoms with Gasteiger partial charge >= 0.3 is 0 Å². The van der Waals surface area contributed by atoms with E-state index in [1.165, 1.54) is 27.5 Å². The number of anilines is 5. The first-order valence-electron chi connectivity index (χ1n) is 26.2. The highest BCUT2D eigenvalue weighted by atomic mass is 15.1. The fraction of sp³-hybridized carbons (Fsp3) is 0.0133. The largest absolute Gasteiger partial charge is 0.311 e. The molecule has 0 aliphatic heterocycles. The maximum atomic E-state index is 6.37. The number of allylic oxidation sites excluding steroid dienone is 4. The van der Waals surface area contributed by atoms with Crippen molar-refractivity contribution in [2.75, 3.05) is 9.80 Å². The Labute approximate surface area is 453 Å². The van der Waals surface area contributed by atoms with Gasteiger partial charge in [-0.2, -0.15) is 0 Å². The highest BCUT2D eigenvalue weighted by Gasteiger charge is 2.25. The van der Waals surface area contributed by atoms with Crippen molar-refractivity contribution in [2.24, 2.45) is 0 Å². The van der Waals surface area contributed by atoms with E-state index in [-0.39, 0.29) is 0 Å². The lowest BCUT2D eigenvalue weighted by molar-refractivity contribution is 1.22. The SMILES string of the molecule is C#C/C(=C\C=C/C)N(c1ccc(/C=C/c2ccccc2)cc1)c1ccc(-c2c(-c3ccc(N(c4ccccc4)c4ccc(/C=C/c5ccccc5)cc4)cc3)c(-c3ccccc3)c3ccccc3c2-c2ccccc2)cc1. The summed E-state index contributed by atoms with van der Waals surface area (Å²) in [7, 11) is 0.